The van der Waals surface area contributed by atoms with Crippen LogP contribution in [0.2, 0.25) is 0 Å². The molecule has 5 nitrogen and oxygen atoms in total. The van der Waals surface area contributed by atoms with Crippen LogP contribution in [-0.2, 0) is 4.74 Å². The van der Waals surface area contributed by atoms with E-state index >= 15 is 0 Å². The fraction of sp³-hybridized carbons (Fsp3) is 0.909. The molecule has 0 aromatic heterocycles. The van der Waals surface area contributed by atoms with Crippen molar-refractivity contribution in [1.29, 1.82) is 0 Å². The van der Waals surface area contributed by atoms with Crippen molar-refractivity contribution in [3.8, 4) is 0 Å². The molecule has 16 heavy (non-hydrogen) atoms. The Morgan fingerprint density at radius 2 is 2.25 bits per heavy atom. The lowest BCUT2D eigenvalue weighted by Gasteiger charge is -2.21. The quantitative estimate of drug-likeness (QED) is 0.285. The topological polar surface area (TPSA) is 71.7 Å². The number of ether oxygens (including phenoxy) is 1. The van der Waals surface area contributed by atoms with Crippen molar-refractivity contribution in [2.75, 3.05) is 13.2 Å². The Hall–Kier alpha value is -0.810. The zero-order chi connectivity index (χ0) is 12.0. The van der Waals surface area contributed by atoms with E-state index < -0.39 is 0 Å². The summed E-state index contributed by atoms with van der Waals surface area (Å²) in [7, 11) is 0. The van der Waals surface area contributed by atoms with Gasteiger partial charge in [-0.3, -0.25) is 10.4 Å². The second kappa shape index (κ2) is 6.70. The van der Waals surface area contributed by atoms with Gasteiger partial charge in [-0.2, -0.15) is 0 Å². The maximum Gasteiger partial charge on any atom is 0.206 e. The summed E-state index contributed by atoms with van der Waals surface area (Å²) in [6.07, 6.45) is 2.53. The molecule has 0 aliphatic carbocycles. The first-order valence-corrected chi connectivity index (χ1v) is 6.02. The number of nitrogens with zero attached hydrogens (tertiary/aromatic N) is 1. The van der Waals surface area contributed by atoms with Crippen LogP contribution in [0.25, 0.3) is 0 Å². The molecule has 2 unspecified atom stereocenters. The minimum atomic E-state index is 0.240. The zero-order valence-electron chi connectivity index (χ0n) is 10.5. The average Bonchev–Trinajstić information content (AvgIpc) is 2.76. The first kappa shape index (κ1) is 13.3. The second-order valence-electron chi connectivity index (χ2n) is 4.71. The van der Waals surface area contributed by atoms with Crippen LogP contribution in [0.4, 0.5) is 0 Å². The Balaban J connectivity index is 2.39. The molecule has 1 fully saturated rings. The number of guanidine groups is 1. The van der Waals surface area contributed by atoms with Gasteiger partial charge in [0.1, 0.15) is 0 Å². The van der Waals surface area contributed by atoms with Crippen LogP contribution in [-0.4, -0.2) is 31.3 Å². The normalized spacial score (nSPS) is 23.6. The maximum absolute atomic E-state index is 5.60. The Morgan fingerprint density at radius 3 is 2.75 bits per heavy atom. The number of aliphatic imine (C=N–C) groups is 1. The monoisotopic (exact) mass is 228 g/mol. The Kier molecular flexibility index (Phi) is 5.55. The minimum Gasteiger partial charge on any atom is -0.376 e. The fourth-order valence-electron chi connectivity index (χ4n) is 1.71. The lowest BCUT2D eigenvalue weighted by atomic mass is 10.1. The van der Waals surface area contributed by atoms with Gasteiger partial charge in [0.25, 0.3) is 0 Å². The van der Waals surface area contributed by atoms with E-state index in [0.29, 0.717) is 11.9 Å². The molecule has 1 saturated heterocycles. The summed E-state index contributed by atoms with van der Waals surface area (Å²) in [4.78, 5) is 4.37. The van der Waals surface area contributed by atoms with Crippen molar-refractivity contribution in [3.05, 3.63) is 0 Å². The van der Waals surface area contributed by atoms with Crippen LogP contribution in [0.15, 0.2) is 4.99 Å². The third-order valence-electron chi connectivity index (χ3n) is 2.64. The maximum atomic E-state index is 5.60. The van der Waals surface area contributed by atoms with Gasteiger partial charge < -0.3 is 10.1 Å². The summed E-state index contributed by atoms with van der Waals surface area (Å²) >= 11 is 0. The number of hydrazine groups is 1. The van der Waals surface area contributed by atoms with Gasteiger partial charge in [0.15, 0.2) is 0 Å². The van der Waals surface area contributed by atoms with Gasteiger partial charge in [-0.15, -0.1) is 0 Å². The number of nitrogens with two attached hydrogens (primary N) is 1. The van der Waals surface area contributed by atoms with E-state index in [9.17, 15) is 0 Å². The second-order valence-corrected chi connectivity index (χ2v) is 4.71. The molecule has 1 aliphatic rings. The standard InChI is InChI=1S/C11H24N4O/c1-8(2)7-13-11(15-12)14-9(3)10-5-4-6-16-10/h8-10H,4-7,12H2,1-3H3,(H2,13,14,15). The Labute approximate surface area is 97.8 Å². The molecule has 0 aromatic rings. The highest BCUT2D eigenvalue weighted by Crippen LogP contribution is 2.15. The van der Waals surface area contributed by atoms with Crippen molar-refractivity contribution in [3.63, 3.8) is 0 Å². The van der Waals surface area contributed by atoms with E-state index in [0.717, 1.165) is 26.0 Å². The fourth-order valence-corrected chi connectivity index (χ4v) is 1.71. The van der Waals surface area contributed by atoms with E-state index in [1.165, 1.54) is 0 Å². The average molecular weight is 228 g/mol. The number of rotatable bonds is 4. The summed E-state index contributed by atoms with van der Waals surface area (Å²) < 4.78 is 5.60. The van der Waals surface area contributed by atoms with Crippen LogP contribution in [0.3, 0.4) is 0 Å². The van der Waals surface area contributed by atoms with Gasteiger partial charge >= 0.3 is 0 Å². The molecule has 0 radical (unpaired) electrons. The summed E-state index contributed by atoms with van der Waals surface area (Å²) in [6.45, 7) is 7.98. The molecule has 0 saturated carbocycles. The molecule has 0 bridgehead atoms. The summed E-state index contributed by atoms with van der Waals surface area (Å²) in [5.74, 6) is 6.60. The summed E-state index contributed by atoms with van der Waals surface area (Å²) in [6, 6.07) is 0.240. The lowest BCUT2D eigenvalue weighted by molar-refractivity contribution is 0.0890. The molecule has 1 heterocycles. The molecule has 2 atom stereocenters. The third kappa shape index (κ3) is 4.37. The smallest absolute Gasteiger partial charge is 0.206 e. The van der Waals surface area contributed by atoms with E-state index in [-0.39, 0.29) is 12.1 Å². The molecule has 0 spiro atoms. The Morgan fingerprint density at radius 1 is 1.50 bits per heavy atom. The highest BCUT2D eigenvalue weighted by atomic mass is 16.5. The number of nitrogens with one attached hydrogen (secondary N) is 2. The van der Waals surface area contributed by atoms with Crippen molar-refractivity contribution in [2.45, 2.75) is 45.8 Å². The van der Waals surface area contributed by atoms with Gasteiger partial charge in [0, 0.05) is 13.2 Å². The van der Waals surface area contributed by atoms with Gasteiger partial charge in [-0.25, -0.2) is 5.84 Å². The van der Waals surface area contributed by atoms with Crippen molar-refractivity contribution in [2.24, 2.45) is 16.8 Å². The third-order valence-corrected chi connectivity index (χ3v) is 2.64. The SMILES string of the molecule is CC(C)CN=C(NN)NC(C)C1CCCO1. The van der Waals surface area contributed by atoms with E-state index in [1.807, 2.05) is 0 Å². The minimum absolute atomic E-state index is 0.240. The van der Waals surface area contributed by atoms with Crippen LogP contribution in [0, 0.1) is 5.92 Å². The highest BCUT2D eigenvalue weighted by Gasteiger charge is 2.22. The molecule has 1 aliphatic heterocycles. The molecular formula is C11H24N4O. The Bertz CT molecular complexity index is 224. The predicted molar refractivity (Wildman–Crippen MR) is 66.0 cm³/mol. The van der Waals surface area contributed by atoms with Crippen LogP contribution in [0.5, 0.6) is 0 Å². The first-order chi connectivity index (χ1) is 7.63. The summed E-state index contributed by atoms with van der Waals surface area (Å²) in [5.41, 5.74) is 2.60. The van der Waals surface area contributed by atoms with Gasteiger partial charge in [0.2, 0.25) is 5.96 Å². The van der Waals surface area contributed by atoms with E-state index in [2.05, 4.69) is 36.5 Å². The van der Waals surface area contributed by atoms with E-state index in [1.54, 1.807) is 0 Å². The largest absolute Gasteiger partial charge is 0.376 e. The highest BCUT2D eigenvalue weighted by molar-refractivity contribution is 5.79. The predicted octanol–water partition coefficient (Wildman–Crippen LogP) is 0.619. The molecule has 94 valence electrons. The number of hydrogen-bond donors (Lipinski definition) is 3. The van der Waals surface area contributed by atoms with Crippen molar-refractivity contribution >= 4 is 5.96 Å². The number of hydrogen-bond acceptors (Lipinski definition) is 3. The van der Waals surface area contributed by atoms with Crippen molar-refractivity contribution in [1.82, 2.24) is 10.7 Å². The van der Waals surface area contributed by atoms with Gasteiger partial charge in [-0.05, 0) is 25.7 Å². The van der Waals surface area contributed by atoms with Crippen LogP contribution >= 0.6 is 0 Å². The van der Waals surface area contributed by atoms with Crippen LogP contribution < -0.4 is 16.6 Å². The first-order valence-electron chi connectivity index (χ1n) is 6.02. The molecule has 0 amide bonds. The van der Waals surface area contributed by atoms with Crippen molar-refractivity contribution < 1.29 is 4.74 Å². The zero-order valence-corrected chi connectivity index (χ0v) is 10.5. The van der Waals surface area contributed by atoms with Gasteiger partial charge in [-0.1, -0.05) is 13.8 Å². The van der Waals surface area contributed by atoms with Crippen LogP contribution in [0.1, 0.15) is 33.6 Å². The summed E-state index contributed by atoms with van der Waals surface area (Å²) in [5, 5.41) is 3.25. The molecule has 1 rings (SSSR count). The molecule has 5 heteroatoms. The molecule has 4 N–H and O–H groups in total. The lowest BCUT2D eigenvalue weighted by Crippen LogP contribution is -2.49. The molecular weight excluding hydrogens is 204 g/mol. The van der Waals surface area contributed by atoms with Gasteiger partial charge in [0.05, 0.1) is 12.1 Å². The molecule has 0 aromatic carbocycles. The van der Waals surface area contributed by atoms with E-state index in [4.69, 9.17) is 10.6 Å².